The lowest BCUT2D eigenvalue weighted by Crippen LogP contribution is -2.16. The Hall–Kier alpha value is -1.95. The van der Waals surface area contributed by atoms with Gasteiger partial charge in [-0.1, -0.05) is 12.2 Å². The molecule has 0 unspecified atom stereocenters. The fourth-order valence-corrected chi connectivity index (χ4v) is 1.07. The van der Waals surface area contributed by atoms with Crippen molar-refractivity contribution in [1.29, 1.82) is 0 Å². The number of nitrogens with zero attached hydrogens (tertiary/aromatic N) is 2. The van der Waals surface area contributed by atoms with E-state index in [2.05, 4.69) is 21.9 Å². The lowest BCUT2D eigenvalue weighted by molar-refractivity contribution is 0.0995. The third-order valence-electron chi connectivity index (χ3n) is 1.79. The zero-order valence-corrected chi connectivity index (χ0v) is 9.77. The monoisotopic (exact) mass is 236 g/mol. The summed E-state index contributed by atoms with van der Waals surface area (Å²) in [6.45, 7) is 7.25. The number of hydrogen-bond acceptors (Lipinski definition) is 5. The molecule has 0 saturated carbocycles. The smallest absolute Gasteiger partial charge is 0.268 e. The topological polar surface area (TPSA) is 90.1 Å². The molecule has 0 spiro atoms. The SMILES string of the molecule is C=C(C)COCCNc1cncc(C(N)=O)n1. The zero-order valence-electron chi connectivity index (χ0n) is 9.77. The fourth-order valence-electron chi connectivity index (χ4n) is 1.07. The summed E-state index contributed by atoms with van der Waals surface area (Å²) in [4.78, 5) is 18.7. The molecule has 6 nitrogen and oxygen atoms in total. The van der Waals surface area contributed by atoms with Gasteiger partial charge in [0, 0.05) is 6.54 Å². The molecule has 17 heavy (non-hydrogen) atoms. The van der Waals surface area contributed by atoms with Crippen LogP contribution in [0.15, 0.2) is 24.5 Å². The van der Waals surface area contributed by atoms with Crippen LogP contribution in [0.4, 0.5) is 5.82 Å². The molecule has 0 fully saturated rings. The van der Waals surface area contributed by atoms with E-state index in [0.717, 1.165) is 5.57 Å². The standard InChI is InChI=1S/C11H16N4O2/c1-8(2)7-17-4-3-14-10-6-13-5-9(15-10)11(12)16/h5-6H,1,3-4,7H2,2H3,(H2,12,16)(H,14,15). The van der Waals surface area contributed by atoms with Crippen molar-refractivity contribution in [3.63, 3.8) is 0 Å². The highest BCUT2D eigenvalue weighted by Gasteiger charge is 2.03. The Morgan fingerprint density at radius 3 is 3.00 bits per heavy atom. The zero-order chi connectivity index (χ0) is 12.7. The second-order valence-corrected chi connectivity index (χ2v) is 3.59. The number of amides is 1. The van der Waals surface area contributed by atoms with Crippen molar-refractivity contribution in [2.45, 2.75) is 6.92 Å². The summed E-state index contributed by atoms with van der Waals surface area (Å²) in [5.74, 6) is -0.0973. The number of carbonyl (C=O) groups excluding carboxylic acids is 1. The quantitative estimate of drug-likeness (QED) is 0.534. The Balaban J connectivity index is 2.34. The van der Waals surface area contributed by atoms with Gasteiger partial charge >= 0.3 is 0 Å². The predicted molar refractivity (Wildman–Crippen MR) is 64.7 cm³/mol. The fraction of sp³-hybridized carbons (Fsp3) is 0.364. The Morgan fingerprint density at radius 2 is 2.35 bits per heavy atom. The van der Waals surface area contributed by atoms with Crippen LogP contribution in [0.5, 0.6) is 0 Å². The summed E-state index contributed by atoms with van der Waals surface area (Å²) >= 11 is 0. The normalized spacial score (nSPS) is 9.94. The molecule has 1 rings (SSSR count). The summed E-state index contributed by atoms with van der Waals surface area (Å²) in [5.41, 5.74) is 6.20. The van der Waals surface area contributed by atoms with Gasteiger partial charge in [0.25, 0.3) is 5.91 Å². The van der Waals surface area contributed by atoms with Gasteiger partial charge < -0.3 is 15.8 Å². The number of aromatic nitrogens is 2. The van der Waals surface area contributed by atoms with Crippen LogP contribution in [0.1, 0.15) is 17.4 Å². The molecule has 0 bridgehead atoms. The number of ether oxygens (including phenoxy) is 1. The maximum Gasteiger partial charge on any atom is 0.268 e. The minimum absolute atomic E-state index is 0.137. The van der Waals surface area contributed by atoms with Crippen LogP contribution in [0, 0.1) is 0 Å². The van der Waals surface area contributed by atoms with E-state index in [-0.39, 0.29) is 5.69 Å². The first kappa shape index (κ1) is 13.1. The molecule has 0 radical (unpaired) electrons. The van der Waals surface area contributed by atoms with Crippen molar-refractivity contribution < 1.29 is 9.53 Å². The number of hydrogen-bond donors (Lipinski definition) is 2. The second kappa shape index (κ2) is 6.59. The highest BCUT2D eigenvalue weighted by atomic mass is 16.5. The van der Waals surface area contributed by atoms with Gasteiger partial charge in [0.15, 0.2) is 0 Å². The van der Waals surface area contributed by atoms with Gasteiger partial charge in [0.1, 0.15) is 11.5 Å². The first-order valence-corrected chi connectivity index (χ1v) is 5.17. The lowest BCUT2D eigenvalue weighted by Gasteiger charge is -2.06. The molecule has 1 heterocycles. The summed E-state index contributed by atoms with van der Waals surface area (Å²) < 4.78 is 5.29. The van der Waals surface area contributed by atoms with Crippen molar-refractivity contribution in [3.05, 3.63) is 30.2 Å². The summed E-state index contributed by atoms with van der Waals surface area (Å²) in [6, 6.07) is 0. The van der Waals surface area contributed by atoms with Gasteiger partial charge in [-0.2, -0.15) is 0 Å². The average Bonchev–Trinajstić information content (AvgIpc) is 2.28. The minimum Gasteiger partial charge on any atom is -0.375 e. The molecule has 92 valence electrons. The molecule has 1 aromatic rings. The van der Waals surface area contributed by atoms with Crippen LogP contribution >= 0.6 is 0 Å². The average molecular weight is 236 g/mol. The molecule has 0 aliphatic heterocycles. The Bertz CT molecular complexity index is 406. The van der Waals surface area contributed by atoms with Gasteiger partial charge in [0.05, 0.1) is 25.6 Å². The van der Waals surface area contributed by atoms with E-state index in [1.54, 1.807) is 0 Å². The molecule has 3 N–H and O–H groups in total. The third-order valence-corrected chi connectivity index (χ3v) is 1.79. The summed E-state index contributed by atoms with van der Waals surface area (Å²) in [7, 11) is 0. The van der Waals surface area contributed by atoms with Crippen LogP contribution in [0.2, 0.25) is 0 Å². The third kappa shape index (κ3) is 5.07. The van der Waals surface area contributed by atoms with Crippen molar-refractivity contribution in [2.24, 2.45) is 5.73 Å². The number of nitrogens with one attached hydrogen (secondary N) is 1. The van der Waals surface area contributed by atoms with Crippen LogP contribution in [-0.2, 0) is 4.74 Å². The molecule has 0 aliphatic carbocycles. The highest BCUT2D eigenvalue weighted by molar-refractivity contribution is 5.90. The van der Waals surface area contributed by atoms with Crippen molar-refractivity contribution in [3.8, 4) is 0 Å². The molecular formula is C11H16N4O2. The summed E-state index contributed by atoms with van der Waals surface area (Å²) in [6.07, 6.45) is 2.84. The molecule has 0 aliphatic rings. The van der Waals surface area contributed by atoms with Gasteiger partial charge in [-0.05, 0) is 6.92 Å². The molecule has 0 saturated heterocycles. The van der Waals surface area contributed by atoms with Crippen LogP contribution < -0.4 is 11.1 Å². The number of nitrogens with two attached hydrogens (primary N) is 1. The van der Waals surface area contributed by atoms with Gasteiger partial charge in [-0.15, -0.1) is 0 Å². The van der Waals surface area contributed by atoms with E-state index >= 15 is 0 Å². The van der Waals surface area contributed by atoms with Gasteiger partial charge in [-0.3, -0.25) is 9.78 Å². The number of carbonyl (C=O) groups is 1. The number of anilines is 1. The second-order valence-electron chi connectivity index (χ2n) is 3.59. The van der Waals surface area contributed by atoms with E-state index in [4.69, 9.17) is 10.5 Å². The Morgan fingerprint density at radius 1 is 1.59 bits per heavy atom. The number of rotatable bonds is 7. The largest absolute Gasteiger partial charge is 0.375 e. The minimum atomic E-state index is -0.598. The molecule has 1 aromatic heterocycles. The Labute approximate surface area is 99.9 Å². The van der Waals surface area contributed by atoms with E-state index in [9.17, 15) is 4.79 Å². The lowest BCUT2D eigenvalue weighted by atomic mass is 10.4. The van der Waals surface area contributed by atoms with Crippen molar-refractivity contribution >= 4 is 11.7 Å². The van der Waals surface area contributed by atoms with E-state index in [1.165, 1.54) is 12.4 Å². The first-order valence-electron chi connectivity index (χ1n) is 5.17. The maximum absolute atomic E-state index is 10.9. The molecule has 6 heteroatoms. The van der Waals surface area contributed by atoms with E-state index < -0.39 is 5.91 Å². The van der Waals surface area contributed by atoms with Crippen LogP contribution in [-0.4, -0.2) is 35.6 Å². The van der Waals surface area contributed by atoms with E-state index in [0.29, 0.717) is 25.6 Å². The molecular weight excluding hydrogens is 220 g/mol. The van der Waals surface area contributed by atoms with Crippen molar-refractivity contribution in [1.82, 2.24) is 9.97 Å². The molecule has 1 amide bonds. The maximum atomic E-state index is 10.9. The van der Waals surface area contributed by atoms with Gasteiger partial charge in [-0.25, -0.2) is 4.98 Å². The van der Waals surface area contributed by atoms with Crippen LogP contribution in [0.25, 0.3) is 0 Å². The van der Waals surface area contributed by atoms with Crippen LogP contribution in [0.3, 0.4) is 0 Å². The molecule has 0 atom stereocenters. The molecule has 0 aromatic carbocycles. The first-order chi connectivity index (χ1) is 8.09. The number of primary amides is 1. The highest BCUT2D eigenvalue weighted by Crippen LogP contribution is 2.00. The van der Waals surface area contributed by atoms with Crippen molar-refractivity contribution in [2.75, 3.05) is 25.1 Å². The van der Waals surface area contributed by atoms with Gasteiger partial charge in [0.2, 0.25) is 0 Å². The Kier molecular flexibility index (Phi) is 5.09. The summed E-state index contributed by atoms with van der Waals surface area (Å²) in [5, 5.41) is 2.98. The predicted octanol–water partition coefficient (Wildman–Crippen LogP) is 0.580. The van der Waals surface area contributed by atoms with E-state index in [1.807, 2.05) is 6.92 Å².